The number of hydrogen-bond acceptors (Lipinski definition) is 5. The summed E-state index contributed by atoms with van der Waals surface area (Å²) in [4.78, 5) is 27.1. The van der Waals surface area contributed by atoms with Gasteiger partial charge in [0.2, 0.25) is 5.91 Å². The fourth-order valence-electron chi connectivity index (χ4n) is 3.05. The summed E-state index contributed by atoms with van der Waals surface area (Å²) < 4.78 is 1.70. The molecule has 8 heteroatoms. The Hall–Kier alpha value is -4.33. The molecule has 0 bridgehead atoms. The first-order valence-corrected chi connectivity index (χ1v) is 9.19. The van der Waals surface area contributed by atoms with Gasteiger partial charge in [0.1, 0.15) is 0 Å². The van der Waals surface area contributed by atoms with Crippen molar-refractivity contribution < 1.29 is 9.72 Å². The molecule has 2 aromatic carbocycles. The Morgan fingerprint density at radius 1 is 1.03 bits per heavy atom. The summed E-state index contributed by atoms with van der Waals surface area (Å²) in [5, 5.41) is 18.4. The Labute approximate surface area is 172 Å². The number of aromatic nitrogens is 3. The molecular weight excluding hydrogens is 382 g/mol. The molecule has 1 amide bonds. The lowest BCUT2D eigenvalue weighted by Gasteiger charge is -2.05. The molecule has 0 unspecified atom stereocenters. The zero-order valence-electron chi connectivity index (χ0n) is 15.8. The monoisotopic (exact) mass is 399 g/mol. The smallest absolute Gasteiger partial charge is 0.269 e. The van der Waals surface area contributed by atoms with Crippen molar-refractivity contribution in [1.82, 2.24) is 14.8 Å². The number of benzene rings is 2. The Morgan fingerprint density at radius 3 is 2.47 bits per heavy atom. The highest BCUT2D eigenvalue weighted by Gasteiger charge is 2.17. The third-order valence-electron chi connectivity index (χ3n) is 4.46. The molecule has 0 saturated carbocycles. The number of hydrogen-bond donors (Lipinski definition) is 1. The minimum absolute atomic E-state index is 0.00267. The van der Waals surface area contributed by atoms with Crippen molar-refractivity contribution in [1.29, 1.82) is 0 Å². The van der Waals surface area contributed by atoms with Gasteiger partial charge in [-0.3, -0.25) is 19.9 Å². The predicted octanol–water partition coefficient (Wildman–Crippen LogP) is 4.02. The third-order valence-corrected chi connectivity index (χ3v) is 4.46. The predicted molar refractivity (Wildman–Crippen MR) is 112 cm³/mol. The van der Waals surface area contributed by atoms with Crippen LogP contribution in [0.2, 0.25) is 0 Å². The minimum atomic E-state index is -0.450. The number of nitro benzene ring substituents is 1. The Bertz CT molecular complexity index is 1170. The molecule has 30 heavy (non-hydrogen) atoms. The third kappa shape index (κ3) is 4.22. The van der Waals surface area contributed by atoms with Crippen LogP contribution in [0.15, 0.2) is 85.3 Å². The number of anilines is 1. The zero-order valence-corrected chi connectivity index (χ0v) is 15.8. The van der Waals surface area contributed by atoms with Gasteiger partial charge in [0, 0.05) is 35.7 Å². The number of non-ortho nitro benzene ring substituents is 1. The van der Waals surface area contributed by atoms with Crippen molar-refractivity contribution in [2.45, 2.75) is 6.42 Å². The van der Waals surface area contributed by atoms with E-state index in [0.717, 1.165) is 5.69 Å². The lowest BCUT2D eigenvalue weighted by Crippen LogP contribution is -2.14. The first kappa shape index (κ1) is 19.0. The number of nitrogens with one attached hydrogen (secondary N) is 1. The van der Waals surface area contributed by atoms with Crippen LogP contribution >= 0.6 is 0 Å². The summed E-state index contributed by atoms with van der Waals surface area (Å²) in [7, 11) is 0. The molecule has 2 heterocycles. The summed E-state index contributed by atoms with van der Waals surface area (Å²) >= 11 is 0. The highest BCUT2D eigenvalue weighted by molar-refractivity contribution is 5.93. The SMILES string of the molecule is O=C(Cc1cn(-c2ccccc2)nc1-c1ccc([N+](=O)[O-])cc1)Nc1cccnc1. The number of nitrogens with zero attached hydrogens (tertiary/aromatic N) is 4. The number of nitro groups is 1. The van der Waals surface area contributed by atoms with Gasteiger partial charge in [0.25, 0.3) is 5.69 Å². The minimum Gasteiger partial charge on any atom is -0.324 e. The van der Waals surface area contributed by atoms with Crippen LogP contribution in [0.1, 0.15) is 5.56 Å². The Kier molecular flexibility index (Phi) is 5.29. The van der Waals surface area contributed by atoms with Gasteiger partial charge in [-0.05, 0) is 36.4 Å². The second-order valence-corrected chi connectivity index (χ2v) is 6.55. The lowest BCUT2D eigenvalue weighted by molar-refractivity contribution is -0.384. The molecule has 0 aliphatic rings. The largest absolute Gasteiger partial charge is 0.324 e. The molecule has 0 aliphatic carbocycles. The number of amides is 1. The Balaban J connectivity index is 1.67. The van der Waals surface area contributed by atoms with E-state index >= 15 is 0 Å². The molecule has 0 atom stereocenters. The van der Waals surface area contributed by atoms with Gasteiger partial charge in [-0.2, -0.15) is 5.10 Å². The molecule has 2 aromatic heterocycles. The van der Waals surface area contributed by atoms with Gasteiger partial charge >= 0.3 is 0 Å². The molecule has 0 radical (unpaired) electrons. The van der Waals surface area contributed by atoms with Gasteiger partial charge in [-0.25, -0.2) is 4.68 Å². The molecule has 0 saturated heterocycles. The number of carbonyl (C=O) groups is 1. The highest BCUT2D eigenvalue weighted by Crippen LogP contribution is 2.26. The van der Waals surface area contributed by atoms with Crippen LogP contribution in [0, 0.1) is 10.1 Å². The van der Waals surface area contributed by atoms with Crippen molar-refractivity contribution in [2.75, 3.05) is 5.32 Å². The van der Waals surface area contributed by atoms with Gasteiger partial charge < -0.3 is 5.32 Å². The van der Waals surface area contributed by atoms with Crippen molar-refractivity contribution in [3.63, 3.8) is 0 Å². The van der Waals surface area contributed by atoms with E-state index in [9.17, 15) is 14.9 Å². The summed E-state index contributed by atoms with van der Waals surface area (Å²) in [6.45, 7) is 0. The molecule has 1 N–H and O–H groups in total. The van der Waals surface area contributed by atoms with Crippen LogP contribution < -0.4 is 5.32 Å². The molecule has 4 rings (SSSR count). The normalized spacial score (nSPS) is 10.5. The molecule has 0 aliphatic heterocycles. The maximum Gasteiger partial charge on any atom is 0.269 e. The highest BCUT2D eigenvalue weighted by atomic mass is 16.6. The van der Waals surface area contributed by atoms with Crippen molar-refractivity contribution in [3.8, 4) is 16.9 Å². The van der Waals surface area contributed by atoms with Crippen molar-refractivity contribution >= 4 is 17.3 Å². The standard InChI is InChI=1S/C22H17N5O3/c28-21(24-18-5-4-12-23-14-18)13-17-15-26(19-6-2-1-3-7-19)25-22(17)16-8-10-20(11-9-16)27(29)30/h1-12,14-15H,13H2,(H,24,28). The average Bonchev–Trinajstić information content (AvgIpc) is 3.18. The van der Waals surface area contributed by atoms with E-state index in [2.05, 4.69) is 15.4 Å². The zero-order chi connectivity index (χ0) is 20.9. The molecule has 148 valence electrons. The summed E-state index contributed by atoms with van der Waals surface area (Å²) in [5.41, 5.74) is 3.44. The first-order chi connectivity index (χ1) is 14.6. The van der Waals surface area contributed by atoms with Gasteiger partial charge in [-0.1, -0.05) is 18.2 Å². The first-order valence-electron chi connectivity index (χ1n) is 9.19. The number of carbonyl (C=O) groups excluding carboxylic acids is 1. The summed E-state index contributed by atoms with van der Waals surface area (Å²) in [6, 6.07) is 19.2. The van der Waals surface area contributed by atoms with Crippen LogP contribution in [0.4, 0.5) is 11.4 Å². The van der Waals surface area contributed by atoms with Crippen LogP contribution in [-0.2, 0) is 11.2 Å². The van der Waals surface area contributed by atoms with E-state index in [-0.39, 0.29) is 18.0 Å². The van der Waals surface area contributed by atoms with Crippen LogP contribution in [0.3, 0.4) is 0 Å². The average molecular weight is 399 g/mol. The topological polar surface area (TPSA) is 103 Å². The second-order valence-electron chi connectivity index (χ2n) is 6.55. The number of para-hydroxylation sites is 1. The number of pyridine rings is 1. The van der Waals surface area contributed by atoms with Gasteiger partial charge in [-0.15, -0.1) is 0 Å². The Morgan fingerprint density at radius 2 is 1.80 bits per heavy atom. The number of rotatable bonds is 6. The maximum absolute atomic E-state index is 12.6. The van der Waals surface area contributed by atoms with Crippen LogP contribution in [0.5, 0.6) is 0 Å². The second kappa shape index (κ2) is 8.36. The fourth-order valence-corrected chi connectivity index (χ4v) is 3.05. The van der Waals surface area contributed by atoms with Crippen LogP contribution in [-0.4, -0.2) is 25.6 Å². The van der Waals surface area contributed by atoms with E-state index in [1.165, 1.54) is 12.1 Å². The summed E-state index contributed by atoms with van der Waals surface area (Å²) in [5.74, 6) is -0.209. The van der Waals surface area contributed by atoms with E-state index in [4.69, 9.17) is 0 Å². The van der Waals surface area contributed by atoms with E-state index in [1.54, 1.807) is 47.5 Å². The lowest BCUT2D eigenvalue weighted by atomic mass is 10.1. The van der Waals surface area contributed by atoms with Gasteiger partial charge in [0.05, 0.1) is 34.6 Å². The molecular formula is C22H17N5O3. The van der Waals surface area contributed by atoms with Crippen molar-refractivity contribution in [3.05, 3.63) is 101 Å². The molecule has 4 aromatic rings. The van der Waals surface area contributed by atoms with E-state index in [0.29, 0.717) is 22.5 Å². The molecule has 0 spiro atoms. The molecule has 8 nitrogen and oxygen atoms in total. The van der Waals surface area contributed by atoms with E-state index < -0.39 is 4.92 Å². The quantitative estimate of drug-likeness (QED) is 0.390. The summed E-state index contributed by atoms with van der Waals surface area (Å²) in [6.07, 6.45) is 5.09. The maximum atomic E-state index is 12.6. The fraction of sp³-hybridized carbons (Fsp3) is 0.0455. The molecule has 0 fully saturated rings. The van der Waals surface area contributed by atoms with Crippen LogP contribution in [0.25, 0.3) is 16.9 Å². The van der Waals surface area contributed by atoms with E-state index in [1.807, 2.05) is 30.3 Å². The van der Waals surface area contributed by atoms with Gasteiger partial charge in [0.15, 0.2) is 0 Å². The van der Waals surface area contributed by atoms with Crippen molar-refractivity contribution in [2.24, 2.45) is 0 Å².